The summed E-state index contributed by atoms with van der Waals surface area (Å²) >= 11 is 7.25. The fourth-order valence-corrected chi connectivity index (χ4v) is 3.45. The van der Waals surface area contributed by atoms with Gasteiger partial charge in [0.1, 0.15) is 15.8 Å². The first-order valence-electron chi connectivity index (χ1n) is 7.80. The Balaban J connectivity index is 1.52. The van der Waals surface area contributed by atoms with Crippen molar-refractivity contribution in [2.75, 3.05) is 25.5 Å². The molecule has 0 atom stereocenters. The first kappa shape index (κ1) is 17.1. The summed E-state index contributed by atoms with van der Waals surface area (Å²) in [5, 5.41) is 7.02. The summed E-state index contributed by atoms with van der Waals surface area (Å²) in [5.74, 6) is 0.733. The number of ether oxygens (including phenoxy) is 1. The number of carbonyl (C=O) groups is 1. The van der Waals surface area contributed by atoms with E-state index in [0.717, 1.165) is 31.6 Å². The average molecular weight is 367 g/mol. The third kappa shape index (κ3) is 4.03. The van der Waals surface area contributed by atoms with Crippen molar-refractivity contribution in [3.05, 3.63) is 34.3 Å². The molecule has 0 unspecified atom stereocenters. The number of amides is 1. The molecule has 0 spiro atoms. The normalized spacial score (nSPS) is 16.1. The summed E-state index contributed by atoms with van der Waals surface area (Å²) in [5.41, 5.74) is 1.53. The molecule has 6 nitrogen and oxygen atoms in total. The number of likely N-dealkylation sites (tertiary alicyclic amines) is 1. The SMILES string of the molecule is COc1ccccc1NC(=O)C1CCN(Cc2nnsc2Cl)CC1. The second-order valence-electron chi connectivity index (χ2n) is 5.73. The molecular formula is C16H19ClN4O2S. The Hall–Kier alpha value is -1.70. The number of rotatable bonds is 5. The van der Waals surface area contributed by atoms with E-state index >= 15 is 0 Å². The average Bonchev–Trinajstić information content (AvgIpc) is 3.01. The molecule has 0 radical (unpaired) electrons. The van der Waals surface area contributed by atoms with Crippen molar-refractivity contribution in [3.8, 4) is 5.75 Å². The number of hydrogen-bond acceptors (Lipinski definition) is 6. The third-order valence-electron chi connectivity index (χ3n) is 4.21. The number of methoxy groups -OCH3 is 1. The van der Waals surface area contributed by atoms with Crippen LogP contribution >= 0.6 is 23.1 Å². The highest BCUT2D eigenvalue weighted by atomic mass is 35.5. The highest BCUT2D eigenvalue weighted by Crippen LogP contribution is 2.27. The van der Waals surface area contributed by atoms with Gasteiger partial charge in [0.05, 0.1) is 12.8 Å². The van der Waals surface area contributed by atoms with E-state index < -0.39 is 0 Å². The van der Waals surface area contributed by atoms with Crippen LogP contribution < -0.4 is 10.1 Å². The molecule has 1 aliphatic heterocycles. The summed E-state index contributed by atoms with van der Waals surface area (Å²) in [4.78, 5) is 14.7. The standard InChI is InChI=1S/C16H19ClN4O2S/c1-23-14-5-3-2-4-12(14)18-16(22)11-6-8-21(9-7-11)10-13-15(17)24-20-19-13/h2-5,11H,6-10H2,1H3,(H,18,22). The molecule has 1 amide bonds. The van der Waals surface area contributed by atoms with Gasteiger partial charge in [-0.3, -0.25) is 9.69 Å². The van der Waals surface area contributed by atoms with E-state index in [2.05, 4.69) is 19.8 Å². The first-order valence-corrected chi connectivity index (χ1v) is 8.95. The Bertz CT molecular complexity index is 701. The molecule has 1 aromatic carbocycles. The van der Waals surface area contributed by atoms with Crippen LogP contribution in [0.3, 0.4) is 0 Å². The monoisotopic (exact) mass is 366 g/mol. The maximum absolute atomic E-state index is 12.5. The zero-order chi connectivity index (χ0) is 16.9. The Morgan fingerprint density at radius 2 is 2.17 bits per heavy atom. The van der Waals surface area contributed by atoms with Gasteiger partial charge in [0.2, 0.25) is 5.91 Å². The number of nitrogens with one attached hydrogen (secondary N) is 1. The highest BCUT2D eigenvalue weighted by molar-refractivity contribution is 7.10. The molecule has 0 aliphatic carbocycles. The van der Waals surface area contributed by atoms with Gasteiger partial charge in [0, 0.05) is 24.0 Å². The molecular weight excluding hydrogens is 348 g/mol. The molecule has 2 heterocycles. The number of benzene rings is 1. The van der Waals surface area contributed by atoms with Gasteiger partial charge in [0.25, 0.3) is 0 Å². The van der Waals surface area contributed by atoms with Crippen LogP contribution in [0.5, 0.6) is 5.75 Å². The van der Waals surface area contributed by atoms with E-state index in [1.807, 2.05) is 24.3 Å². The van der Waals surface area contributed by atoms with Gasteiger partial charge in [-0.2, -0.15) is 0 Å². The van der Waals surface area contributed by atoms with Crippen molar-refractivity contribution >= 4 is 34.7 Å². The van der Waals surface area contributed by atoms with Crippen LogP contribution in [-0.4, -0.2) is 40.6 Å². The number of hydrogen-bond donors (Lipinski definition) is 1. The molecule has 0 saturated carbocycles. The summed E-state index contributed by atoms with van der Waals surface area (Å²) in [7, 11) is 1.60. The maximum Gasteiger partial charge on any atom is 0.227 e. The van der Waals surface area contributed by atoms with Crippen molar-refractivity contribution in [2.24, 2.45) is 5.92 Å². The van der Waals surface area contributed by atoms with Gasteiger partial charge in [0.15, 0.2) is 0 Å². The summed E-state index contributed by atoms with van der Waals surface area (Å²) < 4.78 is 9.77. The van der Waals surface area contributed by atoms with E-state index in [0.29, 0.717) is 22.3 Å². The van der Waals surface area contributed by atoms with Crippen molar-refractivity contribution in [2.45, 2.75) is 19.4 Å². The number of piperidine rings is 1. The van der Waals surface area contributed by atoms with Gasteiger partial charge in [-0.05, 0) is 38.1 Å². The lowest BCUT2D eigenvalue weighted by molar-refractivity contribution is -0.121. The van der Waals surface area contributed by atoms with E-state index in [1.54, 1.807) is 7.11 Å². The minimum atomic E-state index is 0.00944. The number of para-hydroxylation sites is 2. The number of aromatic nitrogens is 2. The molecule has 8 heteroatoms. The number of anilines is 1. The second kappa shape index (κ2) is 7.92. The van der Waals surface area contributed by atoms with Crippen LogP contribution in [0.2, 0.25) is 4.34 Å². The number of nitrogens with zero attached hydrogens (tertiary/aromatic N) is 3. The largest absolute Gasteiger partial charge is 0.495 e. The molecule has 24 heavy (non-hydrogen) atoms. The Morgan fingerprint density at radius 3 is 2.83 bits per heavy atom. The van der Waals surface area contributed by atoms with Crippen LogP contribution in [0.4, 0.5) is 5.69 Å². The van der Waals surface area contributed by atoms with Crippen LogP contribution in [0, 0.1) is 5.92 Å². The molecule has 1 saturated heterocycles. The quantitative estimate of drug-likeness (QED) is 0.880. The topological polar surface area (TPSA) is 67.3 Å². The lowest BCUT2D eigenvalue weighted by atomic mass is 9.95. The maximum atomic E-state index is 12.5. The molecule has 3 rings (SSSR count). The number of carbonyl (C=O) groups excluding carboxylic acids is 1. The smallest absolute Gasteiger partial charge is 0.227 e. The summed E-state index contributed by atoms with van der Waals surface area (Å²) in [6.45, 7) is 2.38. The molecule has 2 aromatic rings. The van der Waals surface area contributed by atoms with E-state index in [4.69, 9.17) is 16.3 Å². The van der Waals surface area contributed by atoms with E-state index in [9.17, 15) is 4.79 Å². The first-order chi connectivity index (χ1) is 11.7. The van der Waals surface area contributed by atoms with Gasteiger partial charge in [-0.25, -0.2) is 0 Å². The Morgan fingerprint density at radius 1 is 1.42 bits per heavy atom. The highest BCUT2D eigenvalue weighted by Gasteiger charge is 2.26. The predicted molar refractivity (Wildman–Crippen MR) is 94.5 cm³/mol. The minimum Gasteiger partial charge on any atom is -0.495 e. The lowest BCUT2D eigenvalue weighted by Gasteiger charge is -2.30. The second-order valence-corrected chi connectivity index (χ2v) is 7.09. The zero-order valence-electron chi connectivity index (χ0n) is 13.4. The van der Waals surface area contributed by atoms with Gasteiger partial charge >= 0.3 is 0 Å². The Labute approximate surface area is 149 Å². The predicted octanol–water partition coefficient (Wildman–Crippen LogP) is 3.05. The van der Waals surface area contributed by atoms with Crippen LogP contribution in [-0.2, 0) is 11.3 Å². The Kier molecular flexibility index (Phi) is 5.65. The minimum absolute atomic E-state index is 0.00944. The van der Waals surface area contributed by atoms with Crippen molar-refractivity contribution in [3.63, 3.8) is 0 Å². The van der Waals surface area contributed by atoms with Crippen LogP contribution in [0.25, 0.3) is 0 Å². The van der Waals surface area contributed by atoms with Crippen molar-refractivity contribution in [1.82, 2.24) is 14.5 Å². The van der Waals surface area contributed by atoms with E-state index in [-0.39, 0.29) is 11.8 Å². The van der Waals surface area contributed by atoms with Crippen molar-refractivity contribution in [1.29, 1.82) is 0 Å². The van der Waals surface area contributed by atoms with Gasteiger partial charge < -0.3 is 10.1 Å². The van der Waals surface area contributed by atoms with Gasteiger partial charge in [-0.1, -0.05) is 28.2 Å². The summed E-state index contributed by atoms with van der Waals surface area (Å²) in [6.07, 6.45) is 1.63. The van der Waals surface area contributed by atoms with Crippen molar-refractivity contribution < 1.29 is 9.53 Å². The van der Waals surface area contributed by atoms with Crippen LogP contribution in [0.15, 0.2) is 24.3 Å². The summed E-state index contributed by atoms with van der Waals surface area (Å²) in [6, 6.07) is 7.45. The zero-order valence-corrected chi connectivity index (χ0v) is 14.9. The molecule has 0 bridgehead atoms. The lowest BCUT2D eigenvalue weighted by Crippen LogP contribution is -2.37. The van der Waals surface area contributed by atoms with E-state index in [1.165, 1.54) is 11.5 Å². The third-order valence-corrected chi connectivity index (χ3v) is 5.19. The fraction of sp³-hybridized carbons (Fsp3) is 0.438. The van der Waals surface area contributed by atoms with Crippen LogP contribution in [0.1, 0.15) is 18.5 Å². The number of halogens is 1. The fourth-order valence-electron chi connectivity index (χ4n) is 2.84. The molecule has 128 valence electrons. The molecule has 1 aliphatic rings. The molecule has 1 fully saturated rings. The molecule has 1 N–H and O–H groups in total. The molecule has 1 aromatic heterocycles. The van der Waals surface area contributed by atoms with Gasteiger partial charge in [-0.15, -0.1) is 5.10 Å².